The van der Waals surface area contributed by atoms with E-state index >= 15 is 0 Å². The van der Waals surface area contributed by atoms with Gasteiger partial charge in [-0.25, -0.2) is 9.48 Å². The van der Waals surface area contributed by atoms with Gasteiger partial charge in [0, 0.05) is 23.2 Å². The Balaban J connectivity index is 1.48. The molecular formula is C19H17N5O3. The van der Waals surface area contributed by atoms with Crippen LogP contribution in [0.25, 0.3) is 16.9 Å². The van der Waals surface area contributed by atoms with Crippen LogP contribution >= 0.6 is 0 Å². The van der Waals surface area contributed by atoms with Gasteiger partial charge >= 0.3 is 5.97 Å². The van der Waals surface area contributed by atoms with Crippen LogP contribution in [0.4, 0.5) is 5.69 Å². The average Bonchev–Trinajstić information content (AvgIpc) is 3.32. The highest BCUT2D eigenvalue weighted by atomic mass is 16.5. The molecule has 1 aliphatic heterocycles. The monoisotopic (exact) mass is 363 g/mol. The summed E-state index contributed by atoms with van der Waals surface area (Å²) in [6, 6.07) is 13.7. The number of nitrogens with two attached hydrogens (primary N) is 1. The zero-order valence-electron chi connectivity index (χ0n) is 14.3. The SMILES string of the molecule is Nc1ccc(-n2cc(-c3ccc(C(=O)N[C@H]4CCOC4=O)cc3)nn2)cc1. The fraction of sp³-hybridized carbons (Fsp3) is 0.158. The molecule has 1 amide bonds. The molecule has 3 N–H and O–H groups in total. The van der Waals surface area contributed by atoms with Crippen LogP contribution in [0.15, 0.2) is 54.7 Å². The first-order valence-electron chi connectivity index (χ1n) is 8.46. The Morgan fingerprint density at radius 1 is 1.15 bits per heavy atom. The second-order valence-electron chi connectivity index (χ2n) is 6.20. The average molecular weight is 363 g/mol. The largest absolute Gasteiger partial charge is 0.464 e. The summed E-state index contributed by atoms with van der Waals surface area (Å²) in [5.74, 6) is -0.699. The van der Waals surface area contributed by atoms with E-state index < -0.39 is 6.04 Å². The van der Waals surface area contributed by atoms with Crippen molar-refractivity contribution in [1.82, 2.24) is 20.3 Å². The highest BCUT2D eigenvalue weighted by molar-refractivity contribution is 5.97. The molecule has 0 spiro atoms. The molecular weight excluding hydrogens is 346 g/mol. The lowest BCUT2D eigenvalue weighted by Crippen LogP contribution is -2.37. The summed E-state index contributed by atoms with van der Waals surface area (Å²) in [7, 11) is 0. The van der Waals surface area contributed by atoms with Crippen LogP contribution in [0.2, 0.25) is 0 Å². The lowest BCUT2D eigenvalue weighted by atomic mass is 10.1. The number of aromatic nitrogens is 3. The van der Waals surface area contributed by atoms with Crippen LogP contribution in [-0.2, 0) is 9.53 Å². The highest BCUT2D eigenvalue weighted by Crippen LogP contribution is 2.19. The van der Waals surface area contributed by atoms with Gasteiger partial charge in [0.2, 0.25) is 0 Å². The number of benzene rings is 2. The number of anilines is 1. The van der Waals surface area contributed by atoms with Gasteiger partial charge in [0.1, 0.15) is 11.7 Å². The Hall–Kier alpha value is -3.68. The van der Waals surface area contributed by atoms with Gasteiger partial charge < -0.3 is 15.8 Å². The number of nitrogens with one attached hydrogen (secondary N) is 1. The van der Waals surface area contributed by atoms with Gasteiger partial charge in [-0.3, -0.25) is 4.79 Å². The Morgan fingerprint density at radius 2 is 1.89 bits per heavy atom. The number of hydrogen-bond donors (Lipinski definition) is 2. The molecule has 0 aliphatic carbocycles. The van der Waals surface area contributed by atoms with Gasteiger partial charge in [-0.1, -0.05) is 17.3 Å². The smallest absolute Gasteiger partial charge is 0.328 e. The first-order valence-corrected chi connectivity index (χ1v) is 8.46. The number of nitrogens with zero attached hydrogens (tertiary/aromatic N) is 3. The summed E-state index contributed by atoms with van der Waals surface area (Å²) in [4.78, 5) is 23.7. The fourth-order valence-corrected chi connectivity index (χ4v) is 2.81. The second kappa shape index (κ2) is 6.91. The van der Waals surface area contributed by atoms with Crippen molar-refractivity contribution in [2.45, 2.75) is 12.5 Å². The minimum absolute atomic E-state index is 0.309. The molecule has 2 aromatic carbocycles. The van der Waals surface area contributed by atoms with Crippen LogP contribution in [0.5, 0.6) is 0 Å². The second-order valence-corrected chi connectivity index (χ2v) is 6.20. The summed E-state index contributed by atoms with van der Waals surface area (Å²) >= 11 is 0. The number of rotatable bonds is 4. The van der Waals surface area contributed by atoms with E-state index in [2.05, 4.69) is 15.6 Å². The molecule has 2 heterocycles. The molecule has 0 bridgehead atoms. The fourth-order valence-electron chi connectivity index (χ4n) is 2.81. The van der Waals surface area contributed by atoms with Crippen molar-refractivity contribution in [3.63, 3.8) is 0 Å². The number of esters is 1. The molecule has 0 saturated carbocycles. The molecule has 1 aliphatic rings. The minimum atomic E-state index is -0.572. The van der Waals surface area contributed by atoms with E-state index in [9.17, 15) is 9.59 Å². The van der Waals surface area contributed by atoms with Gasteiger partial charge in [0.05, 0.1) is 18.5 Å². The molecule has 8 nitrogen and oxygen atoms in total. The number of cyclic esters (lactones) is 1. The molecule has 1 atom stereocenters. The standard InChI is InChI=1S/C19H17N5O3/c20-14-5-7-15(8-6-14)24-11-17(22-23-24)12-1-3-13(4-2-12)18(25)21-16-9-10-27-19(16)26/h1-8,11,16H,9-10,20H2,(H,21,25)/t16-/m0/s1. The van der Waals surface area contributed by atoms with E-state index in [4.69, 9.17) is 10.5 Å². The molecule has 1 aromatic heterocycles. The third-order valence-electron chi connectivity index (χ3n) is 4.33. The first kappa shape index (κ1) is 16.8. The number of hydrogen-bond acceptors (Lipinski definition) is 6. The molecule has 0 unspecified atom stereocenters. The predicted octanol–water partition coefficient (Wildman–Crippen LogP) is 1.56. The van der Waals surface area contributed by atoms with Gasteiger partial charge in [-0.15, -0.1) is 5.10 Å². The van der Waals surface area contributed by atoms with E-state index in [0.29, 0.717) is 30.0 Å². The number of nitrogen functional groups attached to an aromatic ring is 1. The van der Waals surface area contributed by atoms with E-state index in [1.807, 2.05) is 12.1 Å². The topological polar surface area (TPSA) is 112 Å². The minimum Gasteiger partial charge on any atom is -0.464 e. The highest BCUT2D eigenvalue weighted by Gasteiger charge is 2.28. The number of carbonyl (C=O) groups excluding carboxylic acids is 2. The summed E-state index contributed by atoms with van der Waals surface area (Å²) < 4.78 is 6.50. The van der Waals surface area contributed by atoms with Crippen molar-refractivity contribution in [1.29, 1.82) is 0 Å². The number of ether oxygens (including phenoxy) is 1. The van der Waals surface area contributed by atoms with Crippen LogP contribution in [-0.4, -0.2) is 39.5 Å². The van der Waals surface area contributed by atoms with Crippen molar-refractivity contribution in [3.8, 4) is 16.9 Å². The molecule has 27 heavy (non-hydrogen) atoms. The van der Waals surface area contributed by atoms with Gasteiger partial charge in [0.15, 0.2) is 0 Å². The van der Waals surface area contributed by atoms with Crippen LogP contribution in [0, 0.1) is 0 Å². The molecule has 4 rings (SSSR count). The Kier molecular flexibility index (Phi) is 4.29. The summed E-state index contributed by atoms with van der Waals surface area (Å²) in [6.45, 7) is 0.340. The summed E-state index contributed by atoms with van der Waals surface area (Å²) in [6.07, 6.45) is 2.30. The summed E-state index contributed by atoms with van der Waals surface area (Å²) in [5.41, 5.74) is 9.19. The van der Waals surface area contributed by atoms with Crippen LogP contribution < -0.4 is 11.1 Å². The Labute approximate surface area is 154 Å². The van der Waals surface area contributed by atoms with Gasteiger partial charge in [-0.05, 0) is 36.4 Å². The van der Waals surface area contributed by atoms with E-state index in [-0.39, 0.29) is 11.9 Å². The maximum Gasteiger partial charge on any atom is 0.328 e. The molecule has 3 aromatic rings. The lowest BCUT2D eigenvalue weighted by Gasteiger charge is -2.09. The number of carbonyl (C=O) groups is 2. The zero-order chi connectivity index (χ0) is 18.8. The molecule has 1 saturated heterocycles. The maximum absolute atomic E-state index is 12.2. The van der Waals surface area contributed by atoms with Crippen LogP contribution in [0.1, 0.15) is 16.8 Å². The first-order chi connectivity index (χ1) is 13.1. The zero-order valence-corrected chi connectivity index (χ0v) is 14.3. The van der Waals surface area contributed by atoms with Crippen molar-refractivity contribution in [2.75, 3.05) is 12.3 Å². The molecule has 8 heteroatoms. The van der Waals surface area contributed by atoms with Gasteiger partial charge in [0.25, 0.3) is 5.91 Å². The molecule has 1 fully saturated rings. The third-order valence-corrected chi connectivity index (χ3v) is 4.33. The Bertz CT molecular complexity index is 979. The normalized spacial score (nSPS) is 16.1. The van der Waals surface area contributed by atoms with Crippen molar-refractivity contribution >= 4 is 17.6 Å². The van der Waals surface area contributed by atoms with E-state index in [1.165, 1.54) is 0 Å². The van der Waals surface area contributed by atoms with E-state index in [1.54, 1.807) is 47.3 Å². The van der Waals surface area contributed by atoms with Crippen molar-refractivity contribution in [2.24, 2.45) is 0 Å². The maximum atomic E-state index is 12.2. The lowest BCUT2D eigenvalue weighted by molar-refractivity contribution is -0.139. The van der Waals surface area contributed by atoms with Crippen LogP contribution in [0.3, 0.4) is 0 Å². The predicted molar refractivity (Wildman–Crippen MR) is 98.0 cm³/mol. The third kappa shape index (κ3) is 3.50. The molecule has 136 valence electrons. The van der Waals surface area contributed by atoms with E-state index in [0.717, 1.165) is 11.3 Å². The van der Waals surface area contributed by atoms with Crippen molar-refractivity contribution < 1.29 is 14.3 Å². The number of amides is 1. The molecule has 0 radical (unpaired) electrons. The quantitative estimate of drug-likeness (QED) is 0.537. The summed E-state index contributed by atoms with van der Waals surface area (Å²) in [5, 5.41) is 11.0. The Morgan fingerprint density at radius 3 is 2.56 bits per heavy atom. The van der Waals surface area contributed by atoms with Crippen molar-refractivity contribution in [3.05, 3.63) is 60.3 Å². The van der Waals surface area contributed by atoms with Gasteiger partial charge in [-0.2, -0.15) is 0 Å².